The third-order valence-electron chi connectivity index (χ3n) is 9.17. The predicted molar refractivity (Wildman–Crippen MR) is 212 cm³/mol. The fraction of sp³-hybridized carbons (Fsp3) is 0.878. The minimum atomic E-state index is -4.33. The molecule has 0 aromatic carbocycles. The van der Waals surface area contributed by atoms with Gasteiger partial charge in [-0.15, -0.1) is 0 Å². The molecule has 0 aliphatic carbocycles. The molecular formula is C41H82N2O6P+. The van der Waals surface area contributed by atoms with Crippen LogP contribution >= 0.6 is 7.82 Å². The Morgan fingerprint density at radius 1 is 0.660 bits per heavy atom. The van der Waals surface area contributed by atoms with Crippen molar-refractivity contribution < 1.29 is 32.9 Å². The van der Waals surface area contributed by atoms with Crippen LogP contribution in [0.4, 0.5) is 0 Å². The number of phosphoric acid groups is 1. The Balaban J connectivity index is 4.51. The first-order chi connectivity index (χ1) is 24.0. The minimum absolute atomic E-state index is 0.0579. The van der Waals surface area contributed by atoms with Crippen molar-refractivity contribution in [2.75, 3.05) is 40.9 Å². The number of allylic oxidation sites excluding steroid dienone is 3. The van der Waals surface area contributed by atoms with Crippen molar-refractivity contribution in [1.29, 1.82) is 0 Å². The molecule has 0 heterocycles. The zero-order chi connectivity index (χ0) is 37.2. The van der Waals surface area contributed by atoms with Gasteiger partial charge in [-0.25, -0.2) is 4.57 Å². The summed E-state index contributed by atoms with van der Waals surface area (Å²) in [6.45, 7) is 4.77. The maximum Gasteiger partial charge on any atom is 0.472 e. The largest absolute Gasteiger partial charge is 0.472 e. The van der Waals surface area contributed by atoms with Crippen molar-refractivity contribution in [1.82, 2.24) is 5.32 Å². The van der Waals surface area contributed by atoms with E-state index in [4.69, 9.17) is 9.05 Å². The number of unbranched alkanes of at least 4 members (excludes halogenated alkanes) is 22. The lowest BCUT2D eigenvalue weighted by atomic mass is 10.0. The lowest BCUT2D eigenvalue weighted by Crippen LogP contribution is -2.45. The summed E-state index contributed by atoms with van der Waals surface area (Å²) in [5, 5.41) is 13.8. The molecule has 0 rings (SSSR count). The van der Waals surface area contributed by atoms with Gasteiger partial charge in [0.15, 0.2) is 0 Å². The maximum absolute atomic E-state index is 12.8. The van der Waals surface area contributed by atoms with Gasteiger partial charge in [0.2, 0.25) is 5.91 Å². The molecule has 0 spiro atoms. The summed E-state index contributed by atoms with van der Waals surface area (Å²) in [4.78, 5) is 23.0. The molecule has 0 bridgehead atoms. The highest BCUT2D eigenvalue weighted by molar-refractivity contribution is 7.47. The van der Waals surface area contributed by atoms with Crippen molar-refractivity contribution in [3.05, 3.63) is 24.3 Å². The number of aliphatic hydroxyl groups is 1. The molecule has 0 aliphatic rings. The van der Waals surface area contributed by atoms with Crippen LogP contribution in [0.2, 0.25) is 0 Å². The molecule has 8 nitrogen and oxygen atoms in total. The highest BCUT2D eigenvalue weighted by Crippen LogP contribution is 2.43. The van der Waals surface area contributed by atoms with Crippen molar-refractivity contribution in [3.63, 3.8) is 0 Å². The molecule has 1 amide bonds. The van der Waals surface area contributed by atoms with Gasteiger partial charge in [-0.1, -0.05) is 167 Å². The molecule has 296 valence electrons. The molecule has 0 radical (unpaired) electrons. The molecule has 0 aromatic rings. The molecular weight excluding hydrogens is 647 g/mol. The number of likely N-dealkylation sites (N-methyl/N-ethyl adjacent to an activating group) is 1. The molecule has 0 aliphatic heterocycles. The second-order valence-electron chi connectivity index (χ2n) is 15.4. The number of hydrogen-bond acceptors (Lipinski definition) is 5. The SMILES string of the molecule is CCCCCCCCCCCCC/C=C/CC/C=C/C(O)C(COP(=O)(O)OCC[N+](C)(C)C)NC(=O)CCCCCCCCCCCCC. The number of hydrogen-bond donors (Lipinski definition) is 3. The van der Waals surface area contributed by atoms with E-state index in [9.17, 15) is 19.4 Å². The fourth-order valence-corrected chi connectivity index (χ4v) is 6.56. The van der Waals surface area contributed by atoms with E-state index in [1.165, 1.54) is 122 Å². The van der Waals surface area contributed by atoms with Crippen molar-refractivity contribution >= 4 is 13.7 Å². The van der Waals surface area contributed by atoms with Gasteiger partial charge in [-0.3, -0.25) is 13.8 Å². The number of quaternary nitrogens is 1. The molecule has 0 saturated heterocycles. The number of aliphatic hydroxyl groups excluding tert-OH is 1. The third kappa shape index (κ3) is 35.4. The number of carbonyl (C=O) groups is 1. The number of nitrogens with one attached hydrogen (secondary N) is 1. The van der Waals surface area contributed by atoms with Crippen LogP contribution in [-0.4, -0.2) is 73.4 Å². The summed E-state index contributed by atoms with van der Waals surface area (Å²) in [5.41, 5.74) is 0. The Bertz CT molecular complexity index is 876. The number of amides is 1. The van der Waals surface area contributed by atoms with Gasteiger partial charge in [-0.05, 0) is 32.1 Å². The quantitative estimate of drug-likeness (QED) is 0.0254. The number of carbonyl (C=O) groups excluding carboxylic acids is 1. The Hall–Kier alpha value is -1.02. The van der Waals surface area contributed by atoms with Gasteiger partial charge in [0.1, 0.15) is 13.2 Å². The molecule has 9 heteroatoms. The number of phosphoric ester groups is 1. The van der Waals surface area contributed by atoms with E-state index in [2.05, 4.69) is 31.3 Å². The van der Waals surface area contributed by atoms with Gasteiger partial charge in [0.25, 0.3) is 0 Å². The van der Waals surface area contributed by atoms with Crippen molar-refractivity contribution in [3.8, 4) is 0 Å². The first-order valence-corrected chi connectivity index (χ1v) is 22.2. The second-order valence-corrected chi connectivity index (χ2v) is 16.8. The van der Waals surface area contributed by atoms with Crippen LogP contribution in [0, 0.1) is 0 Å². The monoisotopic (exact) mass is 730 g/mol. The Kier molecular flexibility index (Phi) is 33.1. The normalized spacial score (nSPS) is 14.8. The zero-order valence-corrected chi connectivity index (χ0v) is 34.3. The van der Waals surface area contributed by atoms with Crippen LogP contribution in [-0.2, 0) is 18.4 Å². The average molecular weight is 730 g/mol. The highest BCUT2D eigenvalue weighted by atomic mass is 31.2. The minimum Gasteiger partial charge on any atom is -0.387 e. The average Bonchev–Trinajstić information content (AvgIpc) is 3.06. The second kappa shape index (κ2) is 33.8. The Morgan fingerprint density at radius 3 is 1.60 bits per heavy atom. The summed E-state index contributed by atoms with van der Waals surface area (Å²) in [5.74, 6) is -0.189. The Labute approximate surface area is 309 Å². The molecule has 0 saturated carbocycles. The van der Waals surface area contributed by atoms with Crippen molar-refractivity contribution in [2.45, 2.75) is 193 Å². The van der Waals surface area contributed by atoms with Gasteiger partial charge >= 0.3 is 7.82 Å². The van der Waals surface area contributed by atoms with E-state index in [1.807, 2.05) is 27.2 Å². The predicted octanol–water partition coefficient (Wildman–Crippen LogP) is 11.0. The van der Waals surface area contributed by atoms with E-state index in [-0.39, 0.29) is 19.1 Å². The summed E-state index contributed by atoms with van der Waals surface area (Å²) in [6.07, 6.45) is 38.2. The molecule has 3 unspecified atom stereocenters. The van der Waals surface area contributed by atoms with Crippen LogP contribution in [0.1, 0.15) is 181 Å². The van der Waals surface area contributed by atoms with E-state index in [1.54, 1.807) is 6.08 Å². The molecule has 50 heavy (non-hydrogen) atoms. The molecule has 0 fully saturated rings. The van der Waals surface area contributed by atoms with Gasteiger partial charge in [-0.2, -0.15) is 0 Å². The van der Waals surface area contributed by atoms with Gasteiger partial charge in [0.05, 0.1) is 39.9 Å². The fourth-order valence-electron chi connectivity index (χ4n) is 5.82. The van der Waals surface area contributed by atoms with Crippen LogP contribution in [0.25, 0.3) is 0 Å². The maximum atomic E-state index is 12.8. The summed E-state index contributed by atoms with van der Waals surface area (Å²) >= 11 is 0. The number of nitrogens with zero attached hydrogens (tertiary/aromatic N) is 1. The Morgan fingerprint density at radius 2 is 1.10 bits per heavy atom. The van der Waals surface area contributed by atoms with E-state index < -0.39 is 20.0 Å². The molecule has 3 N–H and O–H groups in total. The van der Waals surface area contributed by atoms with E-state index >= 15 is 0 Å². The van der Waals surface area contributed by atoms with Gasteiger partial charge in [0, 0.05) is 6.42 Å². The van der Waals surface area contributed by atoms with Crippen LogP contribution in [0.5, 0.6) is 0 Å². The van der Waals surface area contributed by atoms with E-state index in [0.29, 0.717) is 17.4 Å². The first kappa shape index (κ1) is 49.0. The first-order valence-electron chi connectivity index (χ1n) is 20.7. The standard InChI is InChI=1S/C41H81N2O6P/c1-6-8-10-12-14-16-18-19-20-21-22-23-25-26-28-30-32-34-40(44)39(38-49-50(46,47)48-37-36-43(3,4)5)42-41(45)35-33-31-29-27-24-17-15-13-11-9-7-2/h25-26,32,34,39-40,44H,6-24,27-31,33,35-38H2,1-5H3,(H-,42,45,46,47)/p+1/b26-25+,34-32+. The van der Waals surface area contributed by atoms with Crippen LogP contribution in [0.3, 0.4) is 0 Å². The third-order valence-corrected chi connectivity index (χ3v) is 10.2. The summed E-state index contributed by atoms with van der Waals surface area (Å²) in [6, 6.07) is -0.856. The lowest BCUT2D eigenvalue weighted by Gasteiger charge is -2.25. The lowest BCUT2D eigenvalue weighted by molar-refractivity contribution is -0.870. The summed E-state index contributed by atoms with van der Waals surface area (Å²) < 4.78 is 23.5. The zero-order valence-electron chi connectivity index (χ0n) is 33.4. The highest BCUT2D eigenvalue weighted by Gasteiger charge is 2.27. The van der Waals surface area contributed by atoms with E-state index in [0.717, 1.165) is 38.5 Å². The van der Waals surface area contributed by atoms with Crippen LogP contribution in [0.15, 0.2) is 24.3 Å². The topological polar surface area (TPSA) is 105 Å². The molecule has 0 aromatic heterocycles. The van der Waals surface area contributed by atoms with Crippen molar-refractivity contribution in [2.24, 2.45) is 0 Å². The number of rotatable bonds is 37. The smallest absolute Gasteiger partial charge is 0.387 e. The van der Waals surface area contributed by atoms with Gasteiger partial charge < -0.3 is 19.8 Å². The van der Waals surface area contributed by atoms with Crippen LogP contribution < -0.4 is 5.32 Å². The molecule has 3 atom stereocenters. The summed E-state index contributed by atoms with van der Waals surface area (Å²) in [7, 11) is 1.56.